The fourth-order valence-corrected chi connectivity index (χ4v) is 5.10. The lowest BCUT2D eigenvalue weighted by molar-refractivity contribution is -0.136. The molecule has 1 aliphatic rings. The second-order valence-electron chi connectivity index (χ2n) is 9.03. The van der Waals surface area contributed by atoms with Crippen molar-refractivity contribution in [1.29, 1.82) is 0 Å². The van der Waals surface area contributed by atoms with Gasteiger partial charge in [0, 0.05) is 48.1 Å². The zero-order valence-electron chi connectivity index (χ0n) is 19.6. The monoisotopic (exact) mass is 448 g/mol. The summed E-state index contributed by atoms with van der Waals surface area (Å²) in [5.41, 5.74) is 4.60. The van der Waals surface area contributed by atoms with Gasteiger partial charge in [0.05, 0.1) is 12.7 Å². The number of nitrogens with one attached hydrogen (secondary N) is 1. The second kappa shape index (κ2) is 9.69. The molecule has 1 aromatic heterocycles. The van der Waals surface area contributed by atoms with E-state index in [1.807, 2.05) is 18.0 Å². The highest BCUT2D eigenvalue weighted by molar-refractivity contribution is 5.89. The Balaban J connectivity index is 1.72. The van der Waals surface area contributed by atoms with Gasteiger partial charge in [-0.1, -0.05) is 25.5 Å². The third-order valence-electron chi connectivity index (χ3n) is 6.84. The maximum atomic E-state index is 12.6. The number of benzene rings is 2. The number of hydrogen-bond donors (Lipinski definition) is 2. The number of aromatic amines is 1. The van der Waals surface area contributed by atoms with Gasteiger partial charge in [-0.05, 0) is 61.1 Å². The first kappa shape index (κ1) is 22.9. The highest BCUT2D eigenvalue weighted by atomic mass is 16.5. The largest absolute Gasteiger partial charge is 0.496 e. The molecule has 1 amide bonds. The molecule has 4 rings (SSSR count). The first-order chi connectivity index (χ1) is 15.9. The number of likely N-dealkylation sites (tertiary alicyclic amines) is 1. The number of carboxylic acids is 1. The van der Waals surface area contributed by atoms with Crippen molar-refractivity contribution in [3.05, 3.63) is 64.8 Å². The molecule has 3 aromatic rings. The van der Waals surface area contributed by atoms with Crippen molar-refractivity contribution in [2.45, 2.75) is 44.9 Å². The first-order valence-electron chi connectivity index (χ1n) is 11.7. The fraction of sp³-hybridized carbons (Fsp3) is 0.407. The van der Waals surface area contributed by atoms with Crippen LogP contribution in [0.1, 0.15) is 65.6 Å². The van der Waals surface area contributed by atoms with Crippen LogP contribution < -0.4 is 4.74 Å². The van der Waals surface area contributed by atoms with Gasteiger partial charge in [-0.2, -0.15) is 0 Å². The van der Waals surface area contributed by atoms with Crippen LogP contribution in [0.5, 0.6) is 5.75 Å². The molecule has 0 spiro atoms. The summed E-state index contributed by atoms with van der Waals surface area (Å²) < 4.78 is 5.60. The summed E-state index contributed by atoms with van der Waals surface area (Å²) in [7, 11) is 3.47. The quantitative estimate of drug-likeness (QED) is 0.495. The topological polar surface area (TPSA) is 82.6 Å². The highest BCUT2D eigenvalue weighted by Crippen LogP contribution is 2.39. The van der Waals surface area contributed by atoms with Gasteiger partial charge in [0.1, 0.15) is 5.75 Å². The molecular formula is C27H32N2O4. The molecule has 0 aliphatic carbocycles. The van der Waals surface area contributed by atoms with Crippen LogP contribution in [0.3, 0.4) is 0 Å². The van der Waals surface area contributed by atoms with E-state index < -0.39 is 5.97 Å². The smallest absolute Gasteiger partial charge is 0.335 e. The van der Waals surface area contributed by atoms with Gasteiger partial charge in [-0.25, -0.2) is 4.79 Å². The van der Waals surface area contributed by atoms with E-state index in [0.29, 0.717) is 5.75 Å². The molecule has 2 N–H and O–H groups in total. The van der Waals surface area contributed by atoms with E-state index >= 15 is 0 Å². The minimum Gasteiger partial charge on any atom is -0.496 e. The lowest BCUT2D eigenvalue weighted by Crippen LogP contribution is -2.39. The summed E-state index contributed by atoms with van der Waals surface area (Å²) in [6.45, 7) is 2.99. The van der Waals surface area contributed by atoms with E-state index in [2.05, 4.69) is 36.3 Å². The van der Waals surface area contributed by atoms with Crippen LogP contribution >= 0.6 is 0 Å². The Morgan fingerprint density at radius 3 is 2.79 bits per heavy atom. The molecule has 1 aliphatic heterocycles. The van der Waals surface area contributed by atoms with Crippen molar-refractivity contribution in [3.63, 3.8) is 0 Å². The Morgan fingerprint density at radius 2 is 2.06 bits per heavy atom. The van der Waals surface area contributed by atoms with Gasteiger partial charge in [-0.15, -0.1) is 0 Å². The number of rotatable bonds is 8. The molecule has 0 bridgehead atoms. The van der Waals surface area contributed by atoms with Crippen LogP contribution in [-0.2, 0) is 11.2 Å². The maximum absolute atomic E-state index is 12.6. The third kappa shape index (κ3) is 4.61. The average molecular weight is 449 g/mol. The summed E-state index contributed by atoms with van der Waals surface area (Å²) in [5.74, 6) is -0.0260. The Hall–Kier alpha value is -3.28. The molecule has 2 unspecified atom stereocenters. The average Bonchev–Trinajstić information content (AvgIpc) is 3.23. The van der Waals surface area contributed by atoms with Gasteiger partial charge >= 0.3 is 5.97 Å². The number of aromatic carboxylic acids is 1. The molecule has 2 aromatic carbocycles. The Labute approximate surface area is 194 Å². The van der Waals surface area contributed by atoms with Crippen LogP contribution in [0.4, 0.5) is 0 Å². The third-order valence-corrected chi connectivity index (χ3v) is 6.84. The molecule has 6 nitrogen and oxygen atoms in total. The minimum absolute atomic E-state index is 0.0405. The summed E-state index contributed by atoms with van der Waals surface area (Å²) in [5, 5.41) is 10.5. The van der Waals surface area contributed by atoms with E-state index in [9.17, 15) is 14.7 Å². The Morgan fingerprint density at radius 1 is 1.24 bits per heavy atom. The molecule has 0 saturated carbocycles. The second-order valence-corrected chi connectivity index (χ2v) is 9.03. The van der Waals surface area contributed by atoms with E-state index in [1.165, 1.54) is 11.1 Å². The van der Waals surface area contributed by atoms with Crippen molar-refractivity contribution in [2.24, 2.45) is 5.92 Å². The van der Waals surface area contributed by atoms with Gasteiger partial charge < -0.3 is 19.7 Å². The number of ether oxygens (including phenoxy) is 1. The zero-order valence-corrected chi connectivity index (χ0v) is 19.6. The molecule has 6 heteroatoms. The number of amides is 1. The number of carbonyl (C=O) groups is 2. The molecule has 33 heavy (non-hydrogen) atoms. The summed E-state index contributed by atoms with van der Waals surface area (Å²) in [6, 6.07) is 11.5. The SMILES string of the molecule is CCCC(c1ccc(C(=O)O)cc1OC)c1c[nH]c2ccc(CC3CCCN(C)C3=O)cc12. The maximum Gasteiger partial charge on any atom is 0.335 e. The first-order valence-corrected chi connectivity index (χ1v) is 11.7. The summed E-state index contributed by atoms with van der Waals surface area (Å²) >= 11 is 0. The van der Waals surface area contributed by atoms with E-state index in [4.69, 9.17) is 4.74 Å². The molecule has 2 atom stereocenters. The number of hydrogen-bond acceptors (Lipinski definition) is 3. The number of carboxylic acid groups (broad SMARTS) is 1. The van der Waals surface area contributed by atoms with Crippen LogP contribution in [0.2, 0.25) is 0 Å². The van der Waals surface area contributed by atoms with Crippen molar-refractivity contribution < 1.29 is 19.4 Å². The molecule has 174 valence electrons. The summed E-state index contributed by atoms with van der Waals surface area (Å²) in [6.07, 6.45) is 6.68. The normalized spacial score (nSPS) is 17.4. The van der Waals surface area contributed by atoms with Crippen molar-refractivity contribution in [1.82, 2.24) is 9.88 Å². The Kier molecular flexibility index (Phi) is 6.72. The number of piperidine rings is 1. The standard InChI is InChI=1S/C27H32N2O4/c1-4-6-20(21-10-9-19(27(31)32)15-25(21)33-3)23-16-28-24-11-8-17(14-22(23)24)13-18-7-5-12-29(2)26(18)30/h8-11,14-16,18,20,28H,4-7,12-13H2,1-3H3,(H,31,32). The number of fused-ring (bicyclic) bond motifs is 1. The van der Waals surface area contributed by atoms with E-state index in [0.717, 1.165) is 55.1 Å². The predicted octanol–water partition coefficient (Wildman–Crippen LogP) is 5.22. The minimum atomic E-state index is -0.966. The number of nitrogens with zero attached hydrogens (tertiary/aromatic N) is 1. The number of H-pyrrole nitrogens is 1. The van der Waals surface area contributed by atoms with Crippen molar-refractivity contribution >= 4 is 22.8 Å². The zero-order chi connectivity index (χ0) is 23.5. The molecule has 2 heterocycles. The predicted molar refractivity (Wildman–Crippen MR) is 129 cm³/mol. The fourth-order valence-electron chi connectivity index (χ4n) is 5.10. The molecular weight excluding hydrogens is 416 g/mol. The van der Waals surface area contributed by atoms with Crippen molar-refractivity contribution in [2.75, 3.05) is 20.7 Å². The lowest BCUT2D eigenvalue weighted by Gasteiger charge is -2.29. The molecule has 0 radical (unpaired) electrons. The van der Waals surface area contributed by atoms with Gasteiger partial charge in [0.15, 0.2) is 0 Å². The van der Waals surface area contributed by atoms with Crippen LogP contribution in [0.25, 0.3) is 10.9 Å². The van der Waals surface area contributed by atoms with Gasteiger partial charge in [0.2, 0.25) is 5.91 Å². The van der Waals surface area contributed by atoms with Gasteiger partial charge in [-0.3, -0.25) is 4.79 Å². The molecule has 1 fully saturated rings. The highest BCUT2D eigenvalue weighted by Gasteiger charge is 2.27. The van der Waals surface area contributed by atoms with Crippen molar-refractivity contribution in [3.8, 4) is 5.75 Å². The van der Waals surface area contributed by atoms with Crippen LogP contribution in [0.15, 0.2) is 42.6 Å². The van der Waals surface area contributed by atoms with Crippen LogP contribution in [0, 0.1) is 5.92 Å². The van der Waals surface area contributed by atoms with E-state index in [1.54, 1.807) is 19.2 Å². The molecule has 1 saturated heterocycles. The summed E-state index contributed by atoms with van der Waals surface area (Å²) in [4.78, 5) is 29.3. The number of carbonyl (C=O) groups excluding carboxylic acids is 1. The van der Waals surface area contributed by atoms with Crippen LogP contribution in [-0.4, -0.2) is 47.6 Å². The Bertz CT molecular complexity index is 1170. The lowest BCUT2D eigenvalue weighted by atomic mass is 9.85. The van der Waals surface area contributed by atoms with E-state index in [-0.39, 0.29) is 23.3 Å². The number of aromatic nitrogens is 1. The number of methoxy groups -OCH3 is 1. The van der Waals surface area contributed by atoms with Gasteiger partial charge in [0.25, 0.3) is 0 Å².